The molecule has 0 bridgehead atoms. The lowest BCUT2D eigenvalue weighted by molar-refractivity contribution is 0.170. The van der Waals surface area contributed by atoms with Crippen molar-refractivity contribution in [1.29, 1.82) is 0 Å². The molecule has 0 amide bonds. The van der Waals surface area contributed by atoms with Crippen LogP contribution in [0.25, 0.3) is 0 Å². The molecule has 0 spiro atoms. The van der Waals surface area contributed by atoms with E-state index >= 15 is 0 Å². The van der Waals surface area contributed by atoms with Gasteiger partial charge in [-0.2, -0.15) is 0 Å². The SMILES string of the molecule is COc1cccc(C(O)CN[C@H](C)c2cccnc2)c1. The van der Waals surface area contributed by atoms with E-state index in [9.17, 15) is 5.11 Å². The van der Waals surface area contributed by atoms with Gasteiger partial charge in [-0.1, -0.05) is 18.2 Å². The molecule has 0 saturated heterocycles. The smallest absolute Gasteiger partial charge is 0.119 e. The van der Waals surface area contributed by atoms with Gasteiger partial charge in [0.2, 0.25) is 0 Å². The number of nitrogens with zero attached hydrogens (tertiary/aromatic N) is 1. The van der Waals surface area contributed by atoms with E-state index in [1.807, 2.05) is 42.6 Å². The molecular formula is C16H20N2O2. The van der Waals surface area contributed by atoms with E-state index in [1.165, 1.54) is 0 Å². The van der Waals surface area contributed by atoms with Gasteiger partial charge in [-0.05, 0) is 36.2 Å². The fourth-order valence-corrected chi connectivity index (χ4v) is 2.01. The van der Waals surface area contributed by atoms with Gasteiger partial charge in [-0.25, -0.2) is 0 Å². The minimum Gasteiger partial charge on any atom is -0.497 e. The third-order valence-electron chi connectivity index (χ3n) is 3.28. The summed E-state index contributed by atoms with van der Waals surface area (Å²) in [4.78, 5) is 4.09. The maximum Gasteiger partial charge on any atom is 0.119 e. The molecule has 0 fully saturated rings. The van der Waals surface area contributed by atoms with Gasteiger partial charge in [-0.15, -0.1) is 0 Å². The van der Waals surface area contributed by atoms with Gasteiger partial charge < -0.3 is 15.2 Å². The second-order valence-electron chi connectivity index (χ2n) is 4.71. The van der Waals surface area contributed by atoms with E-state index in [0.717, 1.165) is 16.9 Å². The minimum atomic E-state index is -0.566. The summed E-state index contributed by atoms with van der Waals surface area (Å²) in [6.07, 6.45) is 3.01. The zero-order chi connectivity index (χ0) is 14.4. The fourth-order valence-electron chi connectivity index (χ4n) is 2.01. The van der Waals surface area contributed by atoms with Crippen LogP contribution in [-0.4, -0.2) is 23.7 Å². The van der Waals surface area contributed by atoms with Crippen LogP contribution in [0.4, 0.5) is 0 Å². The van der Waals surface area contributed by atoms with Crippen LogP contribution in [0.5, 0.6) is 5.75 Å². The van der Waals surface area contributed by atoms with Gasteiger partial charge in [0.1, 0.15) is 5.75 Å². The zero-order valence-electron chi connectivity index (χ0n) is 11.8. The van der Waals surface area contributed by atoms with Gasteiger partial charge >= 0.3 is 0 Å². The van der Waals surface area contributed by atoms with Crippen molar-refractivity contribution < 1.29 is 9.84 Å². The van der Waals surface area contributed by atoms with Crippen LogP contribution in [0.3, 0.4) is 0 Å². The first-order valence-electron chi connectivity index (χ1n) is 6.66. The number of aliphatic hydroxyl groups is 1. The summed E-state index contributed by atoms with van der Waals surface area (Å²) in [6.45, 7) is 2.53. The number of benzene rings is 1. The van der Waals surface area contributed by atoms with Crippen molar-refractivity contribution >= 4 is 0 Å². The quantitative estimate of drug-likeness (QED) is 0.848. The monoisotopic (exact) mass is 272 g/mol. The number of rotatable bonds is 6. The lowest BCUT2D eigenvalue weighted by atomic mass is 10.1. The summed E-state index contributed by atoms with van der Waals surface area (Å²) in [5, 5.41) is 13.5. The van der Waals surface area contributed by atoms with Gasteiger partial charge in [0.05, 0.1) is 13.2 Å². The van der Waals surface area contributed by atoms with E-state index in [2.05, 4.69) is 17.2 Å². The Kier molecular flexibility index (Phi) is 5.09. The second kappa shape index (κ2) is 7.03. The highest BCUT2D eigenvalue weighted by atomic mass is 16.5. The van der Waals surface area contributed by atoms with Gasteiger partial charge in [0, 0.05) is 25.0 Å². The third kappa shape index (κ3) is 3.79. The Labute approximate surface area is 119 Å². The lowest BCUT2D eigenvalue weighted by Gasteiger charge is -2.17. The third-order valence-corrected chi connectivity index (χ3v) is 3.28. The molecule has 1 heterocycles. The number of nitrogens with one attached hydrogen (secondary N) is 1. The molecule has 0 aliphatic carbocycles. The number of hydrogen-bond acceptors (Lipinski definition) is 4. The molecule has 1 unspecified atom stereocenters. The lowest BCUT2D eigenvalue weighted by Crippen LogP contribution is -2.24. The molecule has 0 aliphatic heterocycles. The maximum absolute atomic E-state index is 10.2. The van der Waals surface area contributed by atoms with Crippen molar-refractivity contribution in [3.8, 4) is 5.75 Å². The predicted octanol–water partition coefficient (Wildman–Crippen LogP) is 2.47. The van der Waals surface area contributed by atoms with Crippen molar-refractivity contribution in [1.82, 2.24) is 10.3 Å². The highest BCUT2D eigenvalue weighted by molar-refractivity contribution is 5.30. The second-order valence-corrected chi connectivity index (χ2v) is 4.71. The zero-order valence-corrected chi connectivity index (χ0v) is 11.8. The first-order valence-corrected chi connectivity index (χ1v) is 6.66. The van der Waals surface area contributed by atoms with Crippen molar-refractivity contribution in [2.75, 3.05) is 13.7 Å². The molecule has 0 saturated carbocycles. The summed E-state index contributed by atoms with van der Waals surface area (Å²) >= 11 is 0. The summed E-state index contributed by atoms with van der Waals surface area (Å²) in [6, 6.07) is 11.5. The van der Waals surface area contributed by atoms with Crippen LogP contribution >= 0.6 is 0 Å². The average molecular weight is 272 g/mol. The Balaban J connectivity index is 1.93. The van der Waals surface area contributed by atoms with Gasteiger partial charge in [-0.3, -0.25) is 4.98 Å². The first-order chi connectivity index (χ1) is 9.70. The first kappa shape index (κ1) is 14.5. The van der Waals surface area contributed by atoms with Gasteiger partial charge in [0.25, 0.3) is 0 Å². The van der Waals surface area contributed by atoms with E-state index in [0.29, 0.717) is 6.54 Å². The Morgan fingerprint density at radius 2 is 2.05 bits per heavy atom. The molecule has 20 heavy (non-hydrogen) atoms. The van der Waals surface area contributed by atoms with E-state index < -0.39 is 6.10 Å². The van der Waals surface area contributed by atoms with Crippen LogP contribution in [0.1, 0.15) is 30.2 Å². The van der Waals surface area contributed by atoms with Crippen LogP contribution < -0.4 is 10.1 Å². The molecule has 2 aromatic rings. The Morgan fingerprint density at radius 3 is 2.75 bits per heavy atom. The van der Waals surface area contributed by atoms with E-state index in [1.54, 1.807) is 13.3 Å². The number of ether oxygens (including phenoxy) is 1. The summed E-state index contributed by atoms with van der Waals surface area (Å²) < 4.78 is 5.16. The van der Waals surface area contributed by atoms with Gasteiger partial charge in [0.15, 0.2) is 0 Å². The van der Waals surface area contributed by atoms with Crippen molar-refractivity contribution in [2.45, 2.75) is 19.1 Å². The highest BCUT2D eigenvalue weighted by Crippen LogP contribution is 2.19. The molecule has 4 heteroatoms. The number of pyridine rings is 1. The highest BCUT2D eigenvalue weighted by Gasteiger charge is 2.11. The van der Waals surface area contributed by atoms with E-state index in [-0.39, 0.29) is 6.04 Å². The van der Waals surface area contributed by atoms with Crippen molar-refractivity contribution in [3.05, 3.63) is 59.9 Å². The van der Waals surface area contributed by atoms with Crippen LogP contribution in [0.15, 0.2) is 48.8 Å². The fraction of sp³-hybridized carbons (Fsp3) is 0.312. The van der Waals surface area contributed by atoms with Crippen LogP contribution in [0.2, 0.25) is 0 Å². The Hall–Kier alpha value is -1.91. The number of aromatic nitrogens is 1. The predicted molar refractivity (Wildman–Crippen MR) is 78.6 cm³/mol. The Morgan fingerprint density at radius 1 is 1.25 bits per heavy atom. The molecule has 2 N–H and O–H groups in total. The normalized spacial score (nSPS) is 13.8. The molecule has 1 aromatic carbocycles. The Bertz CT molecular complexity index is 531. The summed E-state index contributed by atoms with van der Waals surface area (Å²) in [5.41, 5.74) is 1.94. The number of hydrogen-bond donors (Lipinski definition) is 2. The summed E-state index contributed by atoms with van der Waals surface area (Å²) in [7, 11) is 1.62. The number of methoxy groups -OCH3 is 1. The molecule has 2 rings (SSSR count). The van der Waals surface area contributed by atoms with Crippen LogP contribution in [0, 0.1) is 0 Å². The number of aliphatic hydroxyl groups excluding tert-OH is 1. The summed E-state index contributed by atoms with van der Waals surface area (Å²) in [5.74, 6) is 0.752. The molecule has 1 aromatic heterocycles. The maximum atomic E-state index is 10.2. The van der Waals surface area contributed by atoms with Crippen molar-refractivity contribution in [3.63, 3.8) is 0 Å². The molecule has 106 valence electrons. The van der Waals surface area contributed by atoms with Crippen LogP contribution in [-0.2, 0) is 0 Å². The molecule has 0 aliphatic rings. The van der Waals surface area contributed by atoms with E-state index in [4.69, 9.17) is 4.74 Å². The molecule has 4 nitrogen and oxygen atoms in total. The van der Waals surface area contributed by atoms with Crippen molar-refractivity contribution in [2.24, 2.45) is 0 Å². The average Bonchev–Trinajstić information content (AvgIpc) is 2.53. The topological polar surface area (TPSA) is 54.4 Å². The standard InChI is InChI=1S/C16H20N2O2/c1-12(14-6-4-8-17-10-14)18-11-16(19)13-5-3-7-15(9-13)20-2/h3-10,12,16,18-19H,11H2,1-2H3/t12-,16?/m1/s1. The largest absolute Gasteiger partial charge is 0.497 e. The molecular weight excluding hydrogens is 252 g/mol. The molecule has 2 atom stereocenters. The minimum absolute atomic E-state index is 0.143. The molecule has 0 radical (unpaired) electrons.